The summed E-state index contributed by atoms with van der Waals surface area (Å²) in [6.07, 6.45) is 5.67. The quantitative estimate of drug-likeness (QED) is 0.908. The van der Waals surface area contributed by atoms with Gasteiger partial charge in [0, 0.05) is 18.7 Å². The van der Waals surface area contributed by atoms with Crippen molar-refractivity contribution in [3.63, 3.8) is 0 Å². The number of carbonyl (C=O) groups excluding carboxylic acids is 1. The molecule has 25 heavy (non-hydrogen) atoms. The Balaban J connectivity index is 1.79. The Morgan fingerprint density at radius 2 is 1.88 bits per heavy atom. The number of aryl methyl sites for hydroxylation is 3. The summed E-state index contributed by atoms with van der Waals surface area (Å²) in [5, 5.41) is 7.38. The number of hydrogen-bond donors (Lipinski definition) is 1. The van der Waals surface area contributed by atoms with Crippen molar-refractivity contribution in [2.75, 3.05) is 5.32 Å². The lowest BCUT2D eigenvalue weighted by Gasteiger charge is -2.14. The molecule has 6 nitrogen and oxygen atoms in total. The Morgan fingerprint density at radius 1 is 1.16 bits per heavy atom. The van der Waals surface area contributed by atoms with E-state index < -0.39 is 0 Å². The third-order valence-corrected chi connectivity index (χ3v) is 4.84. The molecule has 2 heterocycles. The number of amides is 1. The van der Waals surface area contributed by atoms with Gasteiger partial charge in [-0.3, -0.25) is 9.36 Å². The zero-order chi connectivity index (χ0) is 17.8. The van der Waals surface area contributed by atoms with Crippen molar-refractivity contribution in [2.24, 2.45) is 0 Å². The first kappa shape index (κ1) is 17.5. The van der Waals surface area contributed by atoms with Gasteiger partial charge in [0.1, 0.15) is 12.4 Å². The lowest BCUT2D eigenvalue weighted by atomic mass is 10.0. The van der Waals surface area contributed by atoms with Gasteiger partial charge < -0.3 is 5.32 Å². The Bertz CT molecular complexity index is 797. The Morgan fingerprint density at radius 3 is 2.56 bits per heavy atom. The van der Waals surface area contributed by atoms with Crippen LogP contribution in [0.25, 0.3) is 0 Å². The Hall–Kier alpha value is -2.37. The van der Waals surface area contributed by atoms with Crippen molar-refractivity contribution in [3.8, 4) is 0 Å². The minimum absolute atomic E-state index is 0.0416. The summed E-state index contributed by atoms with van der Waals surface area (Å²) in [5.74, 6) is 0.601. The molecule has 0 aliphatic carbocycles. The van der Waals surface area contributed by atoms with Gasteiger partial charge in [0.15, 0.2) is 0 Å². The van der Waals surface area contributed by atoms with Crippen LogP contribution in [-0.4, -0.2) is 20.3 Å². The second-order valence-corrected chi connectivity index (χ2v) is 6.53. The molecule has 0 saturated heterocycles. The molecule has 0 saturated carbocycles. The van der Waals surface area contributed by atoms with Gasteiger partial charge in [-0.2, -0.15) is 5.10 Å². The van der Waals surface area contributed by atoms with E-state index in [0.29, 0.717) is 6.54 Å². The van der Waals surface area contributed by atoms with E-state index in [9.17, 15) is 9.59 Å². The van der Waals surface area contributed by atoms with E-state index in [4.69, 9.17) is 0 Å². The van der Waals surface area contributed by atoms with Crippen molar-refractivity contribution >= 4 is 11.6 Å². The third kappa shape index (κ3) is 3.67. The number of aromatic nitrogens is 3. The van der Waals surface area contributed by atoms with Gasteiger partial charge in [0.25, 0.3) is 0 Å². The van der Waals surface area contributed by atoms with Crippen LogP contribution in [0.4, 0.5) is 5.69 Å². The first-order chi connectivity index (χ1) is 12.1. The van der Waals surface area contributed by atoms with Gasteiger partial charge in [-0.15, -0.1) is 0 Å². The fourth-order valence-electron chi connectivity index (χ4n) is 3.45. The molecule has 0 atom stereocenters. The maximum Gasteiger partial charge on any atom is 0.346 e. The highest BCUT2D eigenvalue weighted by Gasteiger charge is 2.18. The summed E-state index contributed by atoms with van der Waals surface area (Å²) in [4.78, 5) is 25.0. The van der Waals surface area contributed by atoms with Gasteiger partial charge in [-0.05, 0) is 36.8 Å². The van der Waals surface area contributed by atoms with Crippen LogP contribution in [0.15, 0.2) is 23.0 Å². The third-order valence-electron chi connectivity index (χ3n) is 4.84. The van der Waals surface area contributed by atoms with Crippen LogP contribution in [0.3, 0.4) is 0 Å². The zero-order valence-electron chi connectivity index (χ0n) is 15.0. The molecule has 6 heteroatoms. The van der Waals surface area contributed by atoms with Crippen LogP contribution in [0.1, 0.15) is 50.1 Å². The zero-order valence-corrected chi connectivity index (χ0v) is 15.0. The molecule has 1 amide bonds. The summed E-state index contributed by atoms with van der Waals surface area (Å²) < 4.78 is 3.02. The maximum atomic E-state index is 12.5. The number of rotatable bonds is 5. The van der Waals surface area contributed by atoms with Gasteiger partial charge in [-0.1, -0.05) is 38.5 Å². The normalized spacial score (nSPS) is 14.0. The van der Waals surface area contributed by atoms with Crippen LogP contribution < -0.4 is 11.0 Å². The molecule has 3 rings (SSSR count). The Labute approximate surface area is 147 Å². The molecular formula is C19H26N4O2. The summed E-state index contributed by atoms with van der Waals surface area (Å²) in [6, 6.07) is 6.07. The van der Waals surface area contributed by atoms with Crippen LogP contribution in [0.5, 0.6) is 0 Å². The standard InChI is InChI=1S/C19H26N4O2/c1-3-14-9-8-10-15(4-2)18(14)20-17(24)13-23-19(25)22-12-7-5-6-11-16(22)21-23/h8-10H,3-7,11-13H2,1-2H3,(H,20,24). The molecule has 0 radical (unpaired) electrons. The van der Waals surface area contributed by atoms with Crippen molar-refractivity contribution in [3.05, 3.63) is 45.6 Å². The fraction of sp³-hybridized carbons (Fsp3) is 0.526. The number of fused-ring (bicyclic) bond motifs is 1. The number of nitrogens with zero attached hydrogens (tertiary/aromatic N) is 3. The van der Waals surface area contributed by atoms with E-state index in [2.05, 4.69) is 24.3 Å². The second kappa shape index (κ2) is 7.68. The fourth-order valence-corrected chi connectivity index (χ4v) is 3.45. The average molecular weight is 342 g/mol. The number of benzene rings is 1. The predicted molar refractivity (Wildman–Crippen MR) is 97.9 cm³/mol. The monoisotopic (exact) mass is 342 g/mol. The van der Waals surface area contributed by atoms with Crippen LogP contribution in [0.2, 0.25) is 0 Å². The maximum absolute atomic E-state index is 12.5. The van der Waals surface area contributed by atoms with Crippen molar-refractivity contribution in [1.29, 1.82) is 0 Å². The summed E-state index contributed by atoms with van der Waals surface area (Å²) in [6.45, 7) is 4.80. The molecule has 134 valence electrons. The smallest absolute Gasteiger partial charge is 0.324 e. The number of hydrogen-bond acceptors (Lipinski definition) is 3. The van der Waals surface area contributed by atoms with Crippen molar-refractivity contribution in [2.45, 2.75) is 65.5 Å². The van der Waals surface area contributed by atoms with E-state index in [0.717, 1.165) is 61.2 Å². The topological polar surface area (TPSA) is 68.9 Å². The van der Waals surface area contributed by atoms with Gasteiger partial charge in [-0.25, -0.2) is 9.48 Å². The SMILES string of the molecule is CCc1cccc(CC)c1NC(=O)Cn1nc2n(c1=O)CCCCC2. The van der Waals surface area contributed by atoms with E-state index in [-0.39, 0.29) is 18.1 Å². The summed E-state index contributed by atoms with van der Waals surface area (Å²) >= 11 is 0. The van der Waals surface area contributed by atoms with Crippen molar-refractivity contribution in [1.82, 2.24) is 14.3 Å². The van der Waals surface area contributed by atoms with E-state index in [1.54, 1.807) is 4.57 Å². The number of carbonyl (C=O) groups is 1. The average Bonchev–Trinajstić information content (AvgIpc) is 2.78. The second-order valence-electron chi connectivity index (χ2n) is 6.53. The minimum Gasteiger partial charge on any atom is -0.324 e. The highest BCUT2D eigenvalue weighted by Crippen LogP contribution is 2.22. The number of nitrogens with one attached hydrogen (secondary N) is 1. The van der Waals surface area contributed by atoms with Gasteiger partial charge in [0.05, 0.1) is 0 Å². The van der Waals surface area contributed by atoms with Gasteiger partial charge >= 0.3 is 5.69 Å². The molecule has 0 unspecified atom stereocenters. The van der Waals surface area contributed by atoms with Crippen LogP contribution in [-0.2, 0) is 37.1 Å². The van der Waals surface area contributed by atoms with E-state index in [1.807, 2.05) is 18.2 Å². The van der Waals surface area contributed by atoms with Crippen LogP contribution in [0, 0.1) is 0 Å². The molecular weight excluding hydrogens is 316 g/mol. The predicted octanol–water partition coefficient (Wildman–Crippen LogP) is 2.53. The lowest BCUT2D eigenvalue weighted by Crippen LogP contribution is -2.30. The number of anilines is 1. The molecule has 1 aliphatic heterocycles. The number of para-hydroxylation sites is 1. The van der Waals surface area contributed by atoms with Crippen LogP contribution >= 0.6 is 0 Å². The molecule has 1 aromatic carbocycles. The largest absolute Gasteiger partial charge is 0.346 e. The lowest BCUT2D eigenvalue weighted by molar-refractivity contribution is -0.117. The van der Waals surface area contributed by atoms with E-state index >= 15 is 0 Å². The molecule has 0 fully saturated rings. The highest BCUT2D eigenvalue weighted by molar-refractivity contribution is 5.92. The summed E-state index contributed by atoms with van der Waals surface area (Å²) in [5.41, 5.74) is 2.93. The highest BCUT2D eigenvalue weighted by atomic mass is 16.2. The van der Waals surface area contributed by atoms with Gasteiger partial charge in [0.2, 0.25) is 5.91 Å². The minimum atomic E-state index is -0.203. The molecule has 1 aliphatic rings. The molecule has 1 N–H and O–H groups in total. The molecule has 1 aromatic heterocycles. The molecule has 2 aromatic rings. The first-order valence-corrected chi connectivity index (χ1v) is 9.21. The first-order valence-electron chi connectivity index (χ1n) is 9.21. The summed E-state index contributed by atoms with van der Waals surface area (Å²) in [7, 11) is 0. The molecule has 0 bridgehead atoms. The van der Waals surface area contributed by atoms with E-state index in [1.165, 1.54) is 4.68 Å². The van der Waals surface area contributed by atoms with Crippen molar-refractivity contribution < 1.29 is 4.79 Å². The Kier molecular flexibility index (Phi) is 5.36. The molecule has 0 spiro atoms.